The van der Waals surface area contributed by atoms with Crippen LogP contribution in [0.15, 0.2) is 49.5 Å². The van der Waals surface area contributed by atoms with Crippen LogP contribution in [0.2, 0.25) is 0 Å². The first kappa shape index (κ1) is 14.9. The molecule has 0 atom stereocenters. The summed E-state index contributed by atoms with van der Waals surface area (Å²) in [6, 6.07) is 6.57. The van der Waals surface area contributed by atoms with Crippen LogP contribution in [0.25, 0.3) is 11.0 Å². The van der Waals surface area contributed by atoms with Crippen molar-refractivity contribution in [3.63, 3.8) is 0 Å². The molecule has 0 saturated carbocycles. The normalized spacial score (nSPS) is 11.3. The second-order valence-electron chi connectivity index (χ2n) is 4.39. The number of H-pyrrole nitrogens is 2. The van der Waals surface area contributed by atoms with E-state index in [1.807, 2.05) is 6.07 Å². The van der Waals surface area contributed by atoms with Gasteiger partial charge in [0.25, 0.3) is 5.56 Å². The summed E-state index contributed by atoms with van der Waals surface area (Å²) in [6.45, 7) is 0. The second-order valence-corrected chi connectivity index (χ2v) is 6.05. The standard InChI is InChI=1S/C14H8IN3O3S/c15-8-1-2-9-10(3-8)21-6-7(13(9)20)5-16-11-4-12(19)18-14(22)17-11/h1-6H,(H2,17,18,19,22)/b16-5+. The molecule has 0 fully saturated rings. The number of rotatable bonds is 2. The Morgan fingerprint density at radius 1 is 1.23 bits per heavy atom. The van der Waals surface area contributed by atoms with Gasteiger partial charge in [0.1, 0.15) is 17.7 Å². The minimum absolute atomic E-state index is 0.166. The Labute approximate surface area is 142 Å². The summed E-state index contributed by atoms with van der Waals surface area (Å²) in [6.07, 6.45) is 2.68. The number of nitrogens with one attached hydrogen (secondary N) is 2. The van der Waals surface area contributed by atoms with E-state index in [0.717, 1.165) is 3.57 Å². The molecule has 0 unspecified atom stereocenters. The zero-order chi connectivity index (χ0) is 15.7. The Hall–Kier alpha value is -2.07. The van der Waals surface area contributed by atoms with Crippen LogP contribution < -0.4 is 11.0 Å². The highest BCUT2D eigenvalue weighted by molar-refractivity contribution is 14.1. The average molecular weight is 425 g/mol. The van der Waals surface area contributed by atoms with E-state index in [-0.39, 0.29) is 27.1 Å². The highest BCUT2D eigenvalue weighted by atomic mass is 127. The number of hydrogen-bond donors (Lipinski definition) is 2. The van der Waals surface area contributed by atoms with E-state index in [1.54, 1.807) is 12.1 Å². The van der Waals surface area contributed by atoms with Gasteiger partial charge in [-0.25, -0.2) is 4.99 Å². The van der Waals surface area contributed by atoms with Crippen molar-refractivity contribution < 1.29 is 4.42 Å². The predicted octanol–water partition coefficient (Wildman–Crippen LogP) is 2.89. The topological polar surface area (TPSA) is 91.2 Å². The molecule has 0 aliphatic heterocycles. The summed E-state index contributed by atoms with van der Waals surface area (Å²) in [7, 11) is 0. The summed E-state index contributed by atoms with van der Waals surface area (Å²) >= 11 is 7.00. The molecule has 0 aliphatic rings. The number of nitrogens with zero attached hydrogens (tertiary/aromatic N) is 1. The Bertz CT molecular complexity index is 1040. The van der Waals surface area contributed by atoms with E-state index >= 15 is 0 Å². The van der Waals surface area contributed by atoms with Gasteiger partial charge in [-0.15, -0.1) is 0 Å². The Morgan fingerprint density at radius 2 is 2.05 bits per heavy atom. The maximum absolute atomic E-state index is 12.3. The first-order valence-electron chi connectivity index (χ1n) is 6.12. The van der Waals surface area contributed by atoms with Gasteiger partial charge in [0, 0.05) is 15.9 Å². The molecule has 110 valence electrons. The molecule has 0 amide bonds. The van der Waals surface area contributed by atoms with Crippen LogP contribution in [-0.2, 0) is 0 Å². The molecule has 3 aromatic rings. The van der Waals surface area contributed by atoms with Crippen molar-refractivity contribution >= 4 is 57.8 Å². The van der Waals surface area contributed by atoms with Gasteiger partial charge in [0.15, 0.2) is 4.77 Å². The number of aromatic amines is 2. The second kappa shape index (κ2) is 5.97. The highest BCUT2D eigenvalue weighted by Crippen LogP contribution is 2.15. The van der Waals surface area contributed by atoms with Gasteiger partial charge in [-0.1, -0.05) is 0 Å². The van der Waals surface area contributed by atoms with Gasteiger partial charge in [-0.05, 0) is 53.0 Å². The molecule has 2 heterocycles. The van der Waals surface area contributed by atoms with Gasteiger partial charge < -0.3 is 9.40 Å². The fourth-order valence-corrected chi connectivity index (χ4v) is 2.54. The Balaban J connectivity index is 2.07. The van der Waals surface area contributed by atoms with E-state index < -0.39 is 0 Å². The lowest BCUT2D eigenvalue weighted by Crippen LogP contribution is -2.08. The summed E-state index contributed by atoms with van der Waals surface area (Å²) in [5.41, 5.74) is 0.249. The van der Waals surface area contributed by atoms with Crippen molar-refractivity contribution in [2.24, 2.45) is 4.99 Å². The summed E-state index contributed by atoms with van der Waals surface area (Å²) in [5, 5.41) is 0.475. The van der Waals surface area contributed by atoms with Gasteiger partial charge in [-0.3, -0.25) is 14.6 Å². The van der Waals surface area contributed by atoms with E-state index in [1.165, 1.54) is 18.5 Å². The molecule has 0 spiro atoms. The summed E-state index contributed by atoms with van der Waals surface area (Å²) in [4.78, 5) is 32.8. The van der Waals surface area contributed by atoms with E-state index in [0.29, 0.717) is 11.0 Å². The number of fused-ring (bicyclic) bond motifs is 1. The van der Waals surface area contributed by atoms with Crippen LogP contribution in [0.1, 0.15) is 5.56 Å². The molecule has 1 aromatic carbocycles. The Kier molecular flexibility index (Phi) is 4.03. The fourth-order valence-electron chi connectivity index (χ4n) is 1.87. The molecule has 0 radical (unpaired) electrons. The first-order valence-corrected chi connectivity index (χ1v) is 7.60. The smallest absolute Gasteiger partial charge is 0.253 e. The molecule has 0 bridgehead atoms. The molecule has 0 aliphatic carbocycles. The number of hydrogen-bond acceptors (Lipinski definition) is 5. The third-order valence-electron chi connectivity index (χ3n) is 2.85. The fraction of sp³-hybridized carbons (Fsp3) is 0. The third-order valence-corrected chi connectivity index (χ3v) is 3.73. The molecule has 0 saturated heterocycles. The van der Waals surface area contributed by atoms with E-state index in [2.05, 4.69) is 37.6 Å². The molecule has 3 rings (SSSR count). The van der Waals surface area contributed by atoms with Crippen LogP contribution in [0.5, 0.6) is 0 Å². The van der Waals surface area contributed by atoms with Crippen LogP contribution in [0.4, 0.5) is 5.82 Å². The van der Waals surface area contributed by atoms with Gasteiger partial charge in [0.05, 0.1) is 10.9 Å². The van der Waals surface area contributed by atoms with Crippen molar-refractivity contribution in [1.82, 2.24) is 9.97 Å². The van der Waals surface area contributed by atoms with Crippen LogP contribution in [0, 0.1) is 8.34 Å². The van der Waals surface area contributed by atoms with Crippen molar-refractivity contribution in [3.05, 3.63) is 65.0 Å². The van der Waals surface area contributed by atoms with Crippen molar-refractivity contribution in [3.8, 4) is 0 Å². The van der Waals surface area contributed by atoms with Crippen molar-refractivity contribution in [2.45, 2.75) is 0 Å². The first-order chi connectivity index (χ1) is 10.5. The SMILES string of the molecule is O=c1cc(/N=C/c2coc3cc(I)ccc3c2=O)[nH]c(=S)[nH]1. The number of aliphatic imine (C=N–C) groups is 1. The third kappa shape index (κ3) is 3.07. The highest BCUT2D eigenvalue weighted by Gasteiger charge is 2.05. The van der Waals surface area contributed by atoms with Gasteiger partial charge in [-0.2, -0.15) is 0 Å². The van der Waals surface area contributed by atoms with Crippen LogP contribution in [0.3, 0.4) is 0 Å². The monoisotopic (exact) mass is 425 g/mol. The van der Waals surface area contributed by atoms with Crippen LogP contribution in [-0.4, -0.2) is 16.2 Å². The number of benzene rings is 1. The maximum atomic E-state index is 12.3. The Morgan fingerprint density at radius 3 is 2.82 bits per heavy atom. The zero-order valence-corrected chi connectivity index (χ0v) is 13.9. The molecular formula is C14H8IN3O3S. The van der Waals surface area contributed by atoms with Gasteiger partial charge in [0.2, 0.25) is 5.43 Å². The molecule has 22 heavy (non-hydrogen) atoms. The molecule has 2 aromatic heterocycles. The lowest BCUT2D eigenvalue weighted by molar-refractivity contribution is 0.601. The number of halogens is 1. The minimum Gasteiger partial charge on any atom is -0.463 e. The lowest BCUT2D eigenvalue weighted by Gasteiger charge is -1.99. The largest absolute Gasteiger partial charge is 0.463 e. The predicted molar refractivity (Wildman–Crippen MR) is 94.7 cm³/mol. The molecule has 8 heteroatoms. The lowest BCUT2D eigenvalue weighted by atomic mass is 10.2. The minimum atomic E-state index is -0.365. The quantitative estimate of drug-likeness (QED) is 0.375. The van der Waals surface area contributed by atoms with E-state index in [4.69, 9.17) is 16.6 Å². The van der Waals surface area contributed by atoms with E-state index in [9.17, 15) is 9.59 Å². The zero-order valence-electron chi connectivity index (χ0n) is 10.9. The van der Waals surface area contributed by atoms with Gasteiger partial charge >= 0.3 is 0 Å². The maximum Gasteiger partial charge on any atom is 0.253 e. The summed E-state index contributed by atoms with van der Waals surface area (Å²) < 4.78 is 6.59. The summed E-state index contributed by atoms with van der Waals surface area (Å²) in [5.74, 6) is 0.260. The molecule has 2 N–H and O–H groups in total. The molecule has 6 nitrogen and oxygen atoms in total. The average Bonchev–Trinajstić information content (AvgIpc) is 2.45. The van der Waals surface area contributed by atoms with Crippen molar-refractivity contribution in [2.75, 3.05) is 0 Å². The molecular weight excluding hydrogens is 417 g/mol. The van der Waals surface area contributed by atoms with Crippen molar-refractivity contribution in [1.29, 1.82) is 0 Å². The van der Waals surface area contributed by atoms with Crippen LogP contribution >= 0.6 is 34.8 Å². The number of aromatic nitrogens is 2.